The van der Waals surface area contributed by atoms with E-state index in [-0.39, 0.29) is 23.9 Å². The monoisotopic (exact) mass is 590 g/mol. The number of amides is 2. The lowest BCUT2D eigenvalue weighted by molar-refractivity contribution is 0.262. The average molecular weight is 591 g/mol. The molecular weight excluding hydrogens is 570 g/mol. The van der Waals surface area contributed by atoms with Gasteiger partial charge in [-0.3, -0.25) is 0 Å². The lowest BCUT2D eigenvalue weighted by Crippen LogP contribution is -2.19. The Kier molecular flexibility index (Phi) is 8.09. The van der Waals surface area contributed by atoms with E-state index < -0.39 is 21.1 Å². The first-order valence-electron chi connectivity index (χ1n) is 11.1. The number of aryl methyl sites for hydroxylation is 1. The SMILES string of the molecule is Cc1cc(NC(=O)Nc2ccc(OCc3nc(N)nc(N)c3-c3ccc(Cl)c(Cl)c3)cc2)ccc1S(=O)(=O)F. The van der Waals surface area contributed by atoms with Crippen LogP contribution in [-0.4, -0.2) is 24.4 Å². The zero-order valence-electron chi connectivity index (χ0n) is 20.2. The highest BCUT2D eigenvalue weighted by atomic mass is 35.5. The lowest BCUT2D eigenvalue weighted by atomic mass is 10.0. The molecule has 4 rings (SSSR count). The number of hydrogen-bond donors (Lipinski definition) is 4. The second kappa shape index (κ2) is 11.3. The summed E-state index contributed by atoms with van der Waals surface area (Å²) in [7, 11) is -4.85. The van der Waals surface area contributed by atoms with Crippen LogP contribution in [0.3, 0.4) is 0 Å². The second-order valence-electron chi connectivity index (χ2n) is 8.23. The van der Waals surface area contributed by atoms with E-state index in [1.165, 1.54) is 19.1 Å². The minimum Gasteiger partial charge on any atom is -0.487 e. The maximum atomic E-state index is 13.2. The fourth-order valence-corrected chi connectivity index (χ4v) is 4.67. The number of nitrogens with one attached hydrogen (secondary N) is 2. The Hall–Kier alpha value is -4.13. The Balaban J connectivity index is 1.42. The largest absolute Gasteiger partial charge is 0.487 e. The summed E-state index contributed by atoms with van der Waals surface area (Å²) in [6, 6.07) is 14.6. The quantitative estimate of drug-likeness (QED) is 0.196. The number of hydrogen-bond acceptors (Lipinski definition) is 8. The van der Waals surface area contributed by atoms with Gasteiger partial charge in [0.15, 0.2) is 0 Å². The minimum atomic E-state index is -4.85. The molecule has 0 saturated heterocycles. The second-order valence-corrected chi connectivity index (χ2v) is 10.4. The number of ether oxygens (including phenoxy) is 1. The number of halogens is 3. The number of nitrogens with zero attached hydrogens (tertiary/aromatic N) is 2. The van der Waals surface area contributed by atoms with Crippen LogP contribution in [0.25, 0.3) is 11.1 Å². The van der Waals surface area contributed by atoms with E-state index >= 15 is 0 Å². The molecule has 2 amide bonds. The smallest absolute Gasteiger partial charge is 0.332 e. The van der Waals surface area contributed by atoms with E-state index in [9.17, 15) is 17.1 Å². The van der Waals surface area contributed by atoms with Crippen molar-refractivity contribution in [3.05, 3.63) is 82.0 Å². The van der Waals surface area contributed by atoms with Crippen LogP contribution in [0, 0.1) is 6.92 Å². The number of anilines is 4. The Morgan fingerprint density at radius 3 is 2.26 bits per heavy atom. The van der Waals surface area contributed by atoms with Crippen LogP contribution >= 0.6 is 23.2 Å². The Morgan fingerprint density at radius 1 is 0.949 bits per heavy atom. The summed E-state index contributed by atoms with van der Waals surface area (Å²) in [5.41, 5.74) is 14.4. The average Bonchev–Trinajstić information content (AvgIpc) is 2.84. The van der Waals surface area contributed by atoms with E-state index in [0.29, 0.717) is 44.0 Å². The number of aromatic nitrogens is 2. The molecule has 202 valence electrons. The van der Waals surface area contributed by atoms with Crippen molar-refractivity contribution in [2.45, 2.75) is 18.4 Å². The summed E-state index contributed by atoms with van der Waals surface area (Å²) in [6.45, 7) is 1.43. The Morgan fingerprint density at radius 2 is 1.62 bits per heavy atom. The molecule has 0 aliphatic heterocycles. The van der Waals surface area contributed by atoms with Crippen LogP contribution in [0.15, 0.2) is 65.6 Å². The van der Waals surface area contributed by atoms with E-state index in [2.05, 4.69) is 20.6 Å². The topological polar surface area (TPSA) is 162 Å². The van der Waals surface area contributed by atoms with Gasteiger partial charge in [0, 0.05) is 16.9 Å². The van der Waals surface area contributed by atoms with Crippen molar-refractivity contribution in [1.29, 1.82) is 0 Å². The maximum absolute atomic E-state index is 13.2. The van der Waals surface area contributed by atoms with Crippen molar-refractivity contribution in [3.63, 3.8) is 0 Å². The lowest BCUT2D eigenvalue weighted by Gasteiger charge is -2.14. The number of urea groups is 1. The molecule has 1 aromatic heterocycles. The molecular formula is C25H21Cl2FN6O4S. The number of carbonyl (C=O) groups is 1. The van der Waals surface area contributed by atoms with Crippen molar-refractivity contribution in [1.82, 2.24) is 9.97 Å². The molecule has 3 aromatic carbocycles. The van der Waals surface area contributed by atoms with Crippen molar-refractivity contribution in [2.75, 3.05) is 22.1 Å². The molecule has 0 aliphatic rings. The van der Waals surface area contributed by atoms with Crippen LogP contribution in [0.1, 0.15) is 11.3 Å². The molecule has 0 atom stereocenters. The highest BCUT2D eigenvalue weighted by molar-refractivity contribution is 7.86. The molecule has 0 saturated carbocycles. The van der Waals surface area contributed by atoms with E-state index in [4.69, 9.17) is 39.4 Å². The molecule has 0 aliphatic carbocycles. The molecule has 0 unspecified atom stereocenters. The molecule has 1 heterocycles. The summed E-state index contributed by atoms with van der Waals surface area (Å²) in [4.78, 5) is 20.2. The zero-order valence-corrected chi connectivity index (χ0v) is 22.5. The van der Waals surface area contributed by atoms with Gasteiger partial charge in [0.2, 0.25) is 5.95 Å². The van der Waals surface area contributed by atoms with Crippen molar-refractivity contribution >= 4 is 62.6 Å². The predicted molar refractivity (Wildman–Crippen MR) is 149 cm³/mol. The van der Waals surface area contributed by atoms with Crippen LogP contribution in [0.4, 0.5) is 31.8 Å². The van der Waals surface area contributed by atoms with Gasteiger partial charge in [-0.2, -0.15) is 13.4 Å². The zero-order chi connectivity index (χ0) is 28.3. The highest BCUT2D eigenvalue weighted by Crippen LogP contribution is 2.33. The van der Waals surface area contributed by atoms with Gasteiger partial charge in [0.1, 0.15) is 23.1 Å². The predicted octanol–water partition coefficient (Wildman–Crippen LogP) is 5.80. The van der Waals surface area contributed by atoms with Crippen molar-refractivity contribution in [3.8, 4) is 16.9 Å². The van der Waals surface area contributed by atoms with Gasteiger partial charge < -0.3 is 26.8 Å². The summed E-state index contributed by atoms with van der Waals surface area (Å²) in [5.74, 6) is 0.605. The van der Waals surface area contributed by atoms with Gasteiger partial charge in [-0.15, -0.1) is 3.89 Å². The number of benzene rings is 3. The summed E-state index contributed by atoms with van der Waals surface area (Å²) in [5, 5.41) is 5.92. The first-order chi connectivity index (χ1) is 18.4. The van der Waals surface area contributed by atoms with Crippen molar-refractivity contribution in [2.24, 2.45) is 0 Å². The third-order valence-corrected chi connectivity index (χ3v) is 7.14. The van der Waals surface area contributed by atoms with Crippen molar-refractivity contribution < 1.29 is 21.8 Å². The summed E-state index contributed by atoms with van der Waals surface area (Å²) < 4.78 is 41.3. The number of carbonyl (C=O) groups excluding carboxylic acids is 1. The molecule has 14 heteroatoms. The summed E-state index contributed by atoms with van der Waals surface area (Å²) >= 11 is 12.2. The van der Waals surface area contributed by atoms with E-state index in [0.717, 1.165) is 6.07 Å². The summed E-state index contributed by atoms with van der Waals surface area (Å²) in [6.07, 6.45) is 0. The third-order valence-electron chi connectivity index (χ3n) is 5.42. The van der Waals surface area contributed by atoms with Gasteiger partial charge in [0.05, 0.1) is 15.7 Å². The van der Waals surface area contributed by atoms with E-state index in [1.54, 1.807) is 42.5 Å². The first-order valence-corrected chi connectivity index (χ1v) is 13.3. The molecule has 6 N–H and O–H groups in total. The molecule has 0 spiro atoms. The number of nitrogens with two attached hydrogens (primary N) is 2. The van der Waals surface area contributed by atoms with Crippen LogP contribution in [0.5, 0.6) is 5.75 Å². The Bertz CT molecular complexity index is 1670. The molecule has 0 fully saturated rings. The van der Waals surface area contributed by atoms with E-state index in [1.807, 2.05) is 0 Å². The number of nitrogen functional groups attached to an aromatic ring is 2. The van der Waals surface area contributed by atoms with Gasteiger partial charge in [-0.25, -0.2) is 9.78 Å². The number of rotatable bonds is 7. The van der Waals surface area contributed by atoms with Crippen LogP contribution in [-0.2, 0) is 16.8 Å². The van der Waals surface area contributed by atoms with Gasteiger partial charge in [0.25, 0.3) is 0 Å². The van der Waals surface area contributed by atoms with Crippen LogP contribution in [0.2, 0.25) is 10.0 Å². The molecule has 4 aromatic rings. The molecule has 0 bridgehead atoms. The van der Waals surface area contributed by atoms with Gasteiger partial charge >= 0.3 is 16.3 Å². The van der Waals surface area contributed by atoms with Gasteiger partial charge in [-0.05, 0) is 72.6 Å². The normalized spacial score (nSPS) is 11.2. The maximum Gasteiger partial charge on any atom is 0.332 e. The fourth-order valence-electron chi connectivity index (χ4n) is 3.70. The minimum absolute atomic E-state index is 0.00368. The Labute approximate surface area is 233 Å². The fraction of sp³-hybridized carbons (Fsp3) is 0.0800. The molecule has 0 radical (unpaired) electrons. The molecule has 39 heavy (non-hydrogen) atoms. The molecule has 10 nitrogen and oxygen atoms in total. The first kappa shape index (κ1) is 27.9. The highest BCUT2D eigenvalue weighted by Gasteiger charge is 2.17. The van der Waals surface area contributed by atoms with Crippen LogP contribution < -0.4 is 26.8 Å². The van der Waals surface area contributed by atoms with Gasteiger partial charge in [-0.1, -0.05) is 29.3 Å². The third kappa shape index (κ3) is 6.85. The standard InChI is InChI=1S/C25H21Cl2FN6O4S/c1-13-10-16(5-9-21(13)39(28,36)37)32-25(35)31-15-3-6-17(7-4-15)38-12-20-22(23(29)34-24(30)33-20)14-2-8-18(26)19(27)11-14/h2-11H,12H2,1H3,(H2,31,32,35)(H4,29,30,33,34).